The first kappa shape index (κ1) is 9.97. The molecule has 1 heterocycles. The smallest absolute Gasteiger partial charge is 0.269 e. The van der Waals surface area contributed by atoms with Crippen LogP contribution in [0, 0.1) is 6.92 Å². The minimum absolute atomic E-state index is 0. The molecule has 5 heteroatoms. The number of carbonyl (C=O) groups is 1. The normalized spacial score (nSPS) is 8.91. The van der Waals surface area contributed by atoms with Crippen molar-refractivity contribution in [3.05, 3.63) is 17.5 Å². The molecule has 11 heavy (non-hydrogen) atoms. The average Bonchev–Trinajstić information content (AvgIpc) is 2.13. The van der Waals surface area contributed by atoms with Crippen LogP contribution in [0.1, 0.15) is 16.2 Å². The van der Waals surface area contributed by atoms with Crippen molar-refractivity contribution in [3.8, 4) is 0 Å². The molecule has 0 atom stereocenters. The highest BCUT2D eigenvalue weighted by atomic mass is 35.5. The third-order valence-electron chi connectivity index (χ3n) is 1.37. The zero-order valence-electron chi connectivity index (χ0n) is 6.37. The number of rotatable bonds is 1. The van der Waals surface area contributed by atoms with Crippen molar-refractivity contribution in [3.63, 3.8) is 0 Å². The van der Waals surface area contributed by atoms with E-state index in [0.717, 1.165) is 5.69 Å². The minimum Gasteiger partial charge on any atom is -0.364 e. The van der Waals surface area contributed by atoms with E-state index in [1.54, 1.807) is 17.8 Å². The van der Waals surface area contributed by atoms with Crippen molar-refractivity contribution < 1.29 is 4.79 Å². The molecule has 62 valence electrons. The molecule has 2 N–H and O–H groups in total. The Balaban J connectivity index is 0.000001000. The molecule has 0 spiro atoms. The molecule has 1 rings (SSSR count). The lowest BCUT2D eigenvalue weighted by Crippen LogP contribution is -2.11. The van der Waals surface area contributed by atoms with E-state index in [1.807, 2.05) is 6.92 Å². The molecule has 1 amide bonds. The third kappa shape index (κ3) is 1.94. The van der Waals surface area contributed by atoms with Crippen LogP contribution in [0.4, 0.5) is 0 Å². The SMILES string of the molecule is Cc1cc(C(N)=O)nn1C.Cl. The van der Waals surface area contributed by atoms with Gasteiger partial charge in [0.1, 0.15) is 5.69 Å². The second-order valence-electron chi connectivity index (χ2n) is 2.16. The highest BCUT2D eigenvalue weighted by molar-refractivity contribution is 5.90. The summed E-state index contributed by atoms with van der Waals surface area (Å²) in [6.07, 6.45) is 0. The summed E-state index contributed by atoms with van der Waals surface area (Å²) < 4.78 is 1.61. The predicted molar refractivity (Wildman–Crippen MR) is 43.7 cm³/mol. The Bertz CT molecular complexity index is 249. The number of hydrogen-bond donors (Lipinski definition) is 1. The Hall–Kier alpha value is -1.03. The zero-order valence-corrected chi connectivity index (χ0v) is 7.18. The van der Waals surface area contributed by atoms with E-state index in [9.17, 15) is 4.79 Å². The standard InChI is InChI=1S/C6H9N3O.ClH/c1-4-3-5(6(7)10)8-9(4)2;/h3H,1-2H3,(H2,7,10);1H. The maximum Gasteiger partial charge on any atom is 0.269 e. The number of nitrogens with two attached hydrogens (primary N) is 1. The van der Waals surface area contributed by atoms with Gasteiger partial charge in [-0.1, -0.05) is 0 Å². The molecule has 0 saturated carbocycles. The largest absolute Gasteiger partial charge is 0.364 e. The van der Waals surface area contributed by atoms with E-state index >= 15 is 0 Å². The maximum atomic E-state index is 10.5. The van der Waals surface area contributed by atoms with Crippen LogP contribution in [0.15, 0.2) is 6.07 Å². The number of aryl methyl sites for hydroxylation is 2. The van der Waals surface area contributed by atoms with Crippen LogP contribution < -0.4 is 5.73 Å². The van der Waals surface area contributed by atoms with E-state index in [4.69, 9.17) is 5.73 Å². The van der Waals surface area contributed by atoms with Crippen molar-refractivity contribution in [2.24, 2.45) is 12.8 Å². The zero-order chi connectivity index (χ0) is 7.72. The van der Waals surface area contributed by atoms with Gasteiger partial charge in [-0.25, -0.2) is 0 Å². The highest BCUT2D eigenvalue weighted by Gasteiger charge is 2.04. The molecule has 0 bridgehead atoms. The van der Waals surface area contributed by atoms with Gasteiger partial charge in [-0.05, 0) is 13.0 Å². The van der Waals surface area contributed by atoms with Gasteiger partial charge in [-0.15, -0.1) is 12.4 Å². The van der Waals surface area contributed by atoms with Gasteiger partial charge in [0.25, 0.3) is 5.91 Å². The lowest BCUT2D eigenvalue weighted by atomic mass is 10.4. The van der Waals surface area contributed by atoms with E-state index in [0.29, 0.717) is 5.69 Å². The van der Waals surface area contributed by atoms with Crippen molar-refractivity contribution in [2.75, 3.05) is 0 Å². The summed E-state index contributed by atoms with van der Waals surface area (Å²) in [5.41, 5.74) is 6.23. The molecule has 0 aliphatic carbocycles. The molecule has 0 radical (unpaired) electrons. The van der Waals surface area contributed by atoms with Crippen molar-refractivity contribution >= 4 is 18.3 Å². The van der Waals surface area contributed by atoms with Crippen LogP contribution in [-0.4, -0.2) is 15.7 Å². The summed E-state index contributed by atoms with van der Waals surface area (Å²) in [6.45, 7) is 1.86. The van der Waals surface area contributed by atoms with Crippen LogP contribution in [0.2, 0.25) is 0 Å². The summed E-state index contributed by atoms with van der Waals surface area (Å²) in [5.74, 6) is -0.483. The van der Waals surface area contributed by atoms with Gasteiger partial charge in [0, 0.05) is 12.7 Å². The summed E-state index contributed by atoms with van der Waals surface area (Å²) >= 11 is 0. The predicted octanol–water partition coefficient (Wildman–Crippen LogP) is 0.249. The average molecular weight is 176 g/mol. The van der Waals surface area contributed by atoms with E-state index in [2.05, 4.69) is 5.10 Å². The number of hydrogen-bond acceptors (Lipinski definition) is 2. The number of aromatic nitrogens is 2. The molecular formula is C6H10ClN3O. The number of nitrogens with zero attached hydrogens (tertiary/aromatic N) is 2. The lowest BCUT2D eigenvalue weighted by molar-refractivity contribution is 0.0995. The van der Waals surface area contributed by atoms with Crippen molar-refractivity contribution in [1.82, 2.24) is 9.78 Å². The monoisotopic (exact) mass is 175 g/mol. The molecule has 1 aromatic rings. The first-order chi connectivity index (χ1) is 4.61. The molecule has 0 saturated heterocycles. The summed E-state index contributed by atoms with van der Waals surface area (Å²) in [5, 5.41) is 3.85. The Morgan fingerprint density at radius 3 is 2.45 bits per heavy atom. The molecule has 0 unspecified atom stereocenters. The Kier molecular flexibility index (Phi) is 3.07. The van der Waals surface area contributed by atoms with Gasteiger partial charge in [0.2, 0.25) is 0 Å². The minimum atomic E-state index is -0.483. The fourth-order valence-corrected chi connectivity index (χ4v) is 0.681. The van der Waals surface area contributed by atoms with E-state index in [1.165, 1.54) is 0 Å². The molecule has 4 nitrogen and oxygen atoms in total. The van der Waals surface area contributed by atoms with Gasteiger partial charge in [0.15, 0.2) is 0 Å². The first-order valence-electron chi connectivity index (χ1n) is 2.91. The van der Waals surface area contributed by atoms with Gasteiger partial charge >= 0.3 is 0 Å². The Morgan fingerprint density at radius 1 is 1.73 bits per heavy atom. The van der Waals surface area contributed by atoms with Gasteiger partial charge in [0.05, 0.1) is 0 Å². The summed E-state index contributed by atoms with van der Waals surface area (Å²) in [4.78, 5) is 10.5. The molecule has 0 fully saturated rings. The number of halogens is 1. The quantitative estimate of drug-likeness (QED) is 0.665. The second-order valence-corrected chi connectivity index (χ2v) is 2.16. The van der Waals surface area contributed by atoms with Gasteiger partial charge in [-0.3, -0.25) is 9.48 Å². The van der Waals surface area contributed by atoms with Crippen molar-refractivity contribution in [2.45, 2.75) is 6.92 Å². The summed E-state index contributed by atoms with van der Waals surface area (Å²) in [7, 11) is 1.77. The molecule has 0 aromatic carbocycles. The van der Waals surface area contributed by atoms with E-state index < -0.39 is 5.91 Å². The van der Waals surface area contributed by atoms with Crippen LogP contribution in [-0.2, 0) is 7.05 Å². The fraction of sp³-hybridized carbons (Fsp3) is 0.333. The van der Waals surface area contributed by atoms with Gasteiger partial charge in [-0.2, -0.15) is 5.10 Å². The van der Waals surface area contributed by atoms with E-state index in [-0.39, 0.29) is 12.4 Å². The molecule has 1 aromatic heterocycles. The Labute approximate surface area is 70.8 Å². The van der Waals surface area contributed by atoms with Crippen molar-refractivity contribution in [1.29, 1.82) is 0 Å². The Morgan fingerprint density at radius 2 is 2.27 bits per heavy atom. The van der Waals surface area contributed by atoms with Gasteiger partial charge < -0.3 is 5.73 Å². The van der Waals surface area contributed by atoms with Crippen LogP contribution in [0.5, 0.6) is 0 Å². The highest BCUT2D eigenvalue weighted by Crippen LogP contribution is 1.98. The first-order valence-corrected chi connectivity index (χ1v) is 2.91. The summed E-state index contributed by atoms with van der Waals surface area (Å²) in [6, 6.07) is 1.66. The lowest BCUT2D eigenvalue weighted by Gasteiger charge is -1.88. The molecular weight excluding hydrogens is 166 g/mol. The number of carbonyl (C=O) groups excluding carboxylic acids is 1. The molecule has 0 aliphatic rings. The van der Waals surface area contributed by atoms with Crippen LogP contribution >= 0.6 is 12.4 Å². The third-order valence-corrected chi connectivity index (χ3v) is 1.37. The fourth-order valence-electron chi connectivity index (χ4n) is 0.681. The second kappa shape index (κ2) is 3.39. The number of amides is 1. The molecule has 0 aliphatic heterocycles. The van der Waals surface area contributed by atoms with Crippen LogP contribution in [0.3, 0.4) is 0 Å². The number of primary amides is 1. The maximum absolute atomic E-state index is 10.5. The topological polar surface area (TPSA) is 60.9 Å². The van der Waals surface area contributed by atoms with Crippen LogP contribution in [0.25, 0.3) is 0 Å².